The molecule has 1 aliphatic heterocycles. The first-order valence-corrected chi connectivity index (χ1v) is 7.92. The number of imide groups is 1. The largest absolute Gasteiger partial charge is 0.344 e. The van der Waals surface area contributed by atoms with Crippen molar-refractivity contribution in [2.45, 2.75) is 31.7 Å². The lowest BCUT2D eigenvalue weighted by Crippen LogP contribution is -2.43. The Bertz CT molecular complexity index is 765. The van der Waals surface area contributed by atoms with E-state index in [1.54, 1.807) is 6.92 Å². The van der Waals surface area contributed by atoms with Gasteiger partial charge in [0.1, 0.15) is 12.1 Å². The van der Waals surface area contributed by atoms with Gasteiger partial charge >= 0.3 is 6.03 Å². The highest BCUT2D eigenvalue weighted by Gasteiger charge is 2.49. The van der Waals surface area contributed by atoms with Gasteiger partial charge in [0, 0.05) is 0 Å². The third-order valence-electron chi connectivity index (χ3n) is 4.64. The molecule has 2 aliphatic rings. The number of benzene rings is 1. The highest BCUT2D eigenvalue weighted by atomic mass is 16.2. The van der Waals surface area contributed by atoms with Crippen molar-refractivity contribution in [3.63, 3.8) is 0 Å². The van der Waals surface area contributed by atoms with Crippen LogP contribution >= 0.6 is 0 Å². The molecule has 3 rings (SSSR count). The molecule has 6 nitrogen and oxygen atoms in total. The minimum Gasteiger partial charge on any atom is -0.344 e. The number of amides is 4. The second-order valence-electron chi connectivity index (χ2n) is 6.26. The number of terminal acetylenes is 1. The summed E-state index contributed by atoms with van der Waals surface area (Å²) in [6.45, 7) is 1.39. The zero-order valence-electron chi connectivity index (χ0n) is 13.5. The van der Waals surface area contributed by atoms with Gasteiger partial charge < -0.3 is 10.6 Å². The number of nitrogens with zero attached hydrogens (tertiary/aromatic N) is 1. The summed E-state index contributed by atoms with van der Waals surface area (Å²) in [5.41, 5.74) is 2.11. The molecular weight excluding hydrogens is 306 g/mol. The Morgan fingerprint density at radius 1 is 1.38 bits per heavy atom. The predicted molar refractivity (Wildman–Crippen MR) is 87.9 cm³/mol. The van der Waals surface area contributed by atoms with Gasteiger partial charge in [-0.3, -0.25) is 14.5 Å². The summed E-state index contributed by atoms with van der Waals surface area (Å²) in [4.78, 5) is 37.7. The smallest absolute Gasteiger partial charge is 0.325 e. The molecule has 0 aromatic heterocycles. The zero-order chi connectivity index (χ0) is 17.3. The molecule has 24 heavy (non-hydrogen) atoms. The second-order valence-corrected chi connectivity index (χ2v) is 6.26. The van der Waals surface area contributed by atoms with E-state index in [4.69, 9.17) is 6.42 Å². The first kappa shape index (κ1) is 16.1. The van der Waals surface area contributed by atoms with Crippen LogP contribution in [0.5, 0.6) is 0 Å². The SMILES string of the molecule is C#CCNC(=O)CN1C(=O)N[C@@](C)(c2ccc3c(c2)CCC3)C1=O. The van der Waals surface area contributed by atoms with Gasteiger partial charge in [-0.1, -0.05) is 24.1 Å². The molecule has 1 atom stereocenters. The van der Waals surface area contributed by atoms with Crippen LogP contribution < -0.4 is 10.6 Å². The van der Waals surface area contributed by atoms with E-state index in [1.807, 2.05) is 18.2 Å². The van der Waals surface area contributed by atoms with Crippen LogP contribution in [-0.4, -0.2) is 35.8 Å². The summed E-state index contributed by atoms with van der Waals surface area (Å²) in [5.74, 6) is 1.38. The fraction of sp³-hybridized carbons (Fsp3) is 0.389. The van der Waals surface area contributed by atoms with E-state index < -0.39 is 23.4 Å². The molecule has 1 aliphatic carbocycles. The number of hydrogen-bond acceptors (Lipinski definition) is 3. The highest BCUT2D eigenvalue weighted by molar-refractivity contribution is 6.09. The van der Waals surface area contributed by atoms with E-state index in [1.165, 1.54) is 11.1 Å². The van der Waals surface area contributed by atoms with Crippen LogP contribution in [0.3, 0.4) is 0 Å². The van der Waals surface area contributed by atoms with Crippen molar-refractivity contribution in [1.29, 1.82) is 0 Å². The van der Waals surface area contributed by atoms with Gasteiger partial charge in [0.2, 0.25) is 5.91 Å². The molecule has 0 unspecified atom stereocenters. The second kappa shape index (κ2) is 6.00. The highest BCUT2D eigenvalue weighted by Crippen LogP contribution is 2.32. The molecular formula is C18H19N3O3. The summed E-state index contributed by atoms with van der Waals surface area (Å²) in [6, 6.07) is 5.32. The molecule has 1 fully saturated rings. The molecule has 124 valence electrons. The minimum absolute atomic E-state index is 0.0601. The Morgan fingerprint density at radius 2 is 2.12 bits per heavy atom. The van der Waals surface area contributed by atoms with Crippen LogP contribution in [0.4, 0.5) is 4.79 Å². The van der Waals surface area contributed by atoms with Gasteiger partial charge in [0.15, 0.2) is 0 Å². The van der Waals surface area contributed by atoms with Crippen molar-refractivity contribution < 1.29 is 14.4 Å². The molecule has 1 heterocycles. The van der Waals surface area contributed by atoms with E-state index in [-0.39, 0.29) is 13.1 Å². The van der Waals surface area contributed by atoms with Crippen LogP contribution in [0.15, 0.2) is 18.2 Å². The summed E-state index contributed by atoms with van der Waals surface area (Å²) in [6.07, 6.45) is 8.22. The van der Waals surface area contributed by atoms with Crippen LogP contribution in [0.1, 0.15) is 30.0 Å². The molecule has 1 aromatic rings. The maximum Gasteiger partial charge on any atom is 0.325 e. The Balaban J connectivity index is 1.82. The molecule has 0 saturated carbocycles. The fourth-order valence-corrected chi connectivity index (χ4v) is 3.27. The normalized spacial score (nSPS) is 22.1. The number of nitrogens with one attached hydrogen (secondary N) is 2. The minimum atomic E-state index is -1.15. The van der Waals surface area contributed by atoms with Gasteiger partial charge in [-0.15, -0.1) is 6.42 Å². The van der Waals surface area contributed by atoms with E-state index in [2.05, 4.69) is 16.6 Å². The van der Waals surface area contributed by atoms with Crippen molar-refractivity contribution in [3.05, 3.63) is 34.9 Å². The number of carbonyl (C=O) groups is 3. The number of aryl methyl sites for hydroxylation is 2. The van der Waals surface area contributed by atoms with Gasteiger partial charge in [-0.2, -0.15) is 0 Å². The van der Waals surface area contributed by atoms with E-state index in [0.29, 0.717) is 0 Å². The fourth-order valence-electron chi connectivity index (χ4n) is 3.27. The zero-order valence-corrected chi connectivity index (χ0v) is 13.5. The first-order chi connectivity index (χ1) is 11.5. The summed E-state index contributed by atoms with van der Waals surface area (Å²) in [5, 5.41) is 5.17. The van der Waals surface area contributed by atoms with Crippen molar-refractivity contribution in [2.24, 2.45) is 0 Å². The molecule has 0 spiro atoms. The molecule has 0 radical (unpaired) electrons. The van der Waals surface area contributed by atoms with Gasteiger partial charge in [-0.25, -0.2) is 4.79 Å². The van der Waals surface area contributed by atoms with Crippen molar-refractivity contribution in [1.82, 2.24) is 15.5 Å². The Hall–Kier alpha value is -2.81. The Labute approximate surface area is 140 Å². The molecule has 1 aromatic carbocycles. The lowest BCUT2D eigenvalue weighted by Gasteiger charge is -2.23. The molecule has 6 heteroatoms. The Kier molecular flexibility index (Phi) is 4.02. The number of rotatable bonds is 4. The maximum atomic E-state index is 12.8. The average Bonchev–Trinajstić information content (AvgIpc) is 3.11. The van der Waals surface area contributed by atoms with Crippen molar-refractivity contribution in [2.75, 3.05) is 13.1 Å². The lowest BCUT2D eigenvalue weighted by molar-refractivity contribution is -0.134. The van der Waals surface area contributed by atoms with Crippen LogP contribution in [0, 0.1) is 12.3 Å². The Morgan fingerprint density at radius 3 is 2.88 bits per heavy atom. The average molecular weight is 325 g/mol. The third kappa shape index (κ3) is 2.62. The number of urea groups is 1. The quantitative estimate of drug-likeness (QED) is 0.631. The third-order valence-corrected chi connectivity index (χ3v) is 4.64. The van der Waals surface area contributed by atoms with Crippen LogP contribution in [0.2, 0.25) is 0 Å². The van der Waals surface area contributed by atoms with E-state index >= 15 is 0 Å². The summed E-state index contributed by atoms with van der Waals surface area (Å²) in [7, 11) is 0. The summed E-state index contributed by atoms with van der Waals surface area (Å²) < 4.78 is 0. The summed E-state index contributed by atoms with van der Waals surface area (Å²) >= 11 is 0. The lowest BCUT2D eigenvalue weighted by atomic mass is 9.89. The van der Waals surface area contributed by atoms with E-state index in [0.717, 1.165) is 29.7 Å². The van der Waals surface area contributed by atoms with Crippen molar-refractivity contribution >= 4 is 17.8 Å². The van der Waals surface area contributed by atoms with E-state index in [9.17, 15) is 14.4 Å². The monoisotopic (exact) mass is 325 g/mol. The standard InChI is InChI=1S/C18H19N3O3/c1-3-9-19-15(22)11-21-16(23)18(2,20-17(21)24)14-8-7-12-5-4-6-13(12)10-14/h1,7-8,10H,4-6,9,11H2,2H3,(H,19,22)(H,20,24)/t18-/m0/s1. The predicted octanol–water partition coefficient (Wildman–Crippen LogP) is 0.692. The molecule has 1 saturated heterocycles. The molecule has 2 N–H and O–H groups in total. The van der Waals surface area contributed by atoms with Crippen molar-refractivity contribution in [3.8, 4) is 12.3 Å². The van der Waals surface area contributed by atoms with Crippen LogP contribution in [-0.2, 0) is 28.0 Å². The number of carbonyl (C=O) groups excluding carboxylic acids is 3. The number of fused-ring (bicyclic) bond motifs is 1. The van der Waals surface area contributed by atoms with Gasteiger partial charge in [0.25, 0.3) is 5.91 Å². The topological polar surface area (TPSA) is 78.5 Å². The molecule has 0 bridgehead atoms. The van der Waals surface area contributed by atoms with Crippen LogP contribution in [0.25, 0.3) is 0 Å². The molecule has 4 amide bonds. The maximum absolute atomic E-state index is 12.8. The van der Waals surface area contributed by atoms with Gasteiger partial charge in [0.05, 0.1) is 6.54 Å². The van der Waals surface area contributed by atoms with Gasteiger partial charge in [-0.05, 0) is 42.9 Å². The number of hydrogen-bond donors (Lipinski definition) is 2. The first-order valence-electron chi connectivity index (χ1n) is 7.92.